The molecular weight excluding hydrogens is 345 g/mol. The van der Waals surface area contributed by atoms with E-state index in [1.165, 1.54) is 6.07 Å². The predicted octanol–water partition coefficient (Wildman–Crippen LogP) is 3.47. The lowest BCUT2D eigenvalue weighted by molar-refractivity contribution is 0.0987. The average Bonchev–Trinajstić information content (AvgIpc) is 3.32. The second-order valence-corrected chi connectivity index (χ2v) is 7.01. The smallest absolute Gasteiger partial charge is 0.280 e. The molecule has 1 atom stereocenters. The summed E-state index contributed by atoms with van der Waals surface area (Å²) in [6.07, 6.45) is 1.59. The van der Waals surface area contributed by atoms with Gasteiger partial charge in [-0.2, -0.15) is 5.10 Å². The molecule has 6 nitrogen and oxygen atoms in total. The molecule has 1 unspecified atom stereocenters. The number of aromatic amines is 1. The minimum absolute atomic E-state index is 0.162. The predicted molar refractivity (Wildman–Crippen MR) is 98.1 cm³/mol. The number of benzene rings is 2. The molecule has 2 aliphatic heterocycles. The first-order valence-electron chi connectivity index (χ1n) is 8.70. The van der Waals surface area contributed by atoms with Gasteiger partial charge >= 0.3 is 0 Å². The molecule has 1 N–H and O–H groups in total. The number of nitrogens with one attached hydrogen (secondary N) is 1. The van der Waals surface area contributed by atoms with E-state index in [0.29, 0.717) is 28.0 Å². The summed E-state index contributed by atoms with van der Waals surface area (Å²) in [6.45, 7) is 1.94. The second-order valence-electron chi connectivity index (χ2n) is 7.01. The molecule has 2 aromatic carbocycles. The van der Waals surface area contributed by atoms with Gasteiger partial charge < -0.3 is 4.98 Å². The van der Waals surface area contributed by atoms with Crippen molar-refractivity contribution in [3.8, 4) is 11.1 Å². The number of nitrogens with zero attached hydrogens (tertiary/aromatic N) is 4. The maximum absolute atomic E-state index is 15.1. The Labute approximate surface area is 153 Å². The fourth-order valence-electron chi connectivity index (χ4n) is 4.49. The highest BCUT2D eigenvalue weighted by atomic mass is 19.1. The maximum Gasteiger partial charge on any atom is 0.280 e. The van der Waals surface area contributed by atoms with Gasteiger partial charge in [0.05, 0.1) is 29.1 Å². The lowest BCUT2D eigenvalue weighted by Crippen LogP contribution is -2.33. The molecular formula is C20H14FN5O. The van der Waals surface area contributed by atoms with Gasteiger partial charge in [-0.15, -0.1) is 0 Å². The van der Waals surface area contributed by atoms with Gasteiger partial charge in [0, 0.05) is 29.4 Å². The highest BCUT2D eigenvalue weighted by Gasteiger charge is 2.48. The van der Waals surface area contributed by atoms with Crippen LogP contribution in [-0.4, -0.2) is 25.7 Å². The number of anilines is 1. The number of carbonyl (C=O) groups is 1. The van der Waals surface area contributed by atoms with E-state index in [4.69, 9.17) is 0 Å². The summed E-state index contributed by atoms with van der Waals surface area (Å²) in [4.78, 5) is 22.5. The number of halogens is 1. The number of hydrogen-bond donors (Lipinski definition) is 1. The zero-order valence-electron chi connectivity index (χ0n) is 14.6. The molecule has 0 spiro atoms. The lowest BCUT2D eigenvalue weighted by Gasteiger charge is -2.34. The average molecular weight is 359 g/mol. The van der Waals surface area contributed by atoms with Crippen LogP contribution in [0.15, 0.2) is 36.7 Å². The van der Waals surface area contributed by atoms with Crippen molar-refractivity contribution in [2.24, 2.45) is 7.05 Å². The van der Waals surface area contributed by atoms with Crippen molar-refractivity contribution < 1.29 is 9.18 Å². The summed E-state index contributed by atoms with van der Waals surface area (Å²) in [5.41, 5.74) is 6.25. The number of H-pyrrole nitrogens is 1. The molecule has 2 aliphatic rings. The van der Waals surface area contributed by atoms with Crippen molar-refractivity contribution in [3.05, 3.63) is 65.0 Å². The Bertz CT molecular complexity index is 1300. The number of rotatable bonds is 0. The molecule has 4 heterocycles. The van der Waals surface area contributed by atoms with Gasteiger partial charge in [0.15, 0.2) is 5.69 Å². The normalized spacial score (nSPS) is 17.1. The quantitative estimate of drug-likeness (QED) is 0.523. The van der Waals surface area contributed by atoms with E-state index < -0.39 is 0 Å². The third kappa shape index (κ3) is 1.58. The Kier molecular flexibility index (Phi) is 2.51. The fraction of sp³-hybridized carbons (Fsp3) is 0.150. The van der Waals surface area contributed by atoms with Crippen molar-refractivity contribution in [2.75, 3.05) is 4.90 Å². The number of amides is 1. The van der Waals surface area contributed by atoms with E-state index in [-0.39, 0.29) is 17.8 Å². The van der Waals surface area contributed by atoms with Gasteiger partial charge in [-0.25, -0.2) is 9.37 Å². The molecule has 1 amide bonds. The zero-order valence-corrected chi connectivity index (χ0v) is 14.6. The van der Waals surface area contributed by atoms with E-state index >= 15 is 4.39 Å². The summed E-state index contributed by atoms with van der Waals surface area (Å²) < 4.78 is 16.8. The Morgan fingerprint density at radius 1 is 1.19 bits per heavy atom. The van der Waals surface area contributed by atoms with Crippen LogP contribution in [0.1, 0.15) is 33.4 Å². The molecule has 0 saturated carbocycles. The number of fused-ring (bicyclic) bond motifs is 10. The van der Waals surface area contributed by atoms with Crippen molar-refractivity contribution in [2.45, 2.75) is 13.0 Å². The van der Waals surface area contributed by atoms with Crippen molar-refractivity contribution >= 4 is 22.6 Å². The van der Waals surface area contributed by atoms with Crippen molar-refractivity contribution in [3.63, 3.8) is 0 Å². The van der Waals surface area contributed by atoms with Crippen LogP contribution in [0.2, 0.25) is 0 Å². The highest BCUT2D eigenvalue weighted by Crippen LogP contribution is 2.54. The van der Waals surface area contributed by atoms with E-state index in [9.17, 15) is 4.79 Å². The van der Waals surface area contributed by atoms with Gasteiger partial charge in [0.1, 0.15) is 5.82 Å². The van der Waals surface area contributed by atoms with Crippen LogP contribution in [0.25, 0.3) is 22.2 Å². The Morgan fingerprint density at radius 2 is 2.04 bits per heavy atom. The van der Waals surface area contributed by atoms with Crippen LogP contribution in [0.3, 0.4) is 0 Å². The maximum atomic E-state index is 15.1. The first-order valence-corrected chi connectivity index (χ1v) is 8.70. The van der Waals surface area contributed by atoms with Crippen LogP contribution < -0.4 is 4.90 Å². The fourth-order valence-corrected chi connectivity index (χ4v) is 4.49. The first kappa shape index (κ1) is 14.7. The SMILES string of the molecule is Cc1c2c(nn1C)C(=O)N1c3ccc4[nH]cnc4c3-c3c(F)cccc3C21. The minimum atomic E-state index is -0.379. The summed E-state index contributed by atoms with van der Waals surface area (Å²) in [7, 11) is 1.82. The van der Waals surface area contributed by atoms with Gasteiger partial charge in [0.2, 0.25) is 0 Å². The third-order valence-corrected chi connectivity index (χ3v) is 5.75. The summed E-state index contributed by atoms with van der Waals surface area (Å²) >= 11 is 0. The third-order valence-electron chi connectivity index (χ3n) is 5.75. The number of carbonyl (C=O) groups excluding carboxylic acids is 1. The number of aryl methyl sites for hydroxylation is 1. The molecule has 4 aromatic rings. The molecule has 2 aromatic heterocycles. The van der Waals surface area contributed by atoms with E-state index in [2.05, 4.69) is 15.1 Å². The van der Waals surface area contributed by atoms with Crippen LogP contribution in [0, 0.1) is 12.7 Å². The molecule has 27 heavy (non-hydrogen) atoms. The number of aromatic nitrogens is 4. The molecule has 0 saturated heterocycles. The van der Waals surface area contributed by atoms with Gasteiger partial charge in [-0.3, -0.25) is 14.4 Å². The Balaban J connectivity index is 1.79. The summed E-state index contributed by atoms with van der Waals surface area (Å²) in [5, 5.41) is 4.43. The number of hydrogen-bond acceptors (Lipinski definition) is 3. The van der Waals surface area contributed by atoms with Gasteiger partial charge in [-0.1, -0.05) is 12.1 Å². The monoisotopic (exact) mass is 359 g/mol. The van der Waals surface area contributed by atoms with Gasteiger partial charge in [-0.05, 0) is 30.7 Å². The first-order chi connectivity index (χ1) is 13.1. The zero-order chi connectivity index (χ0) is 18.4. The number of imidazole rings is 1. The Morgan fingerprint density at radius 3 is 2.89 bits per heavy atom. The Hall–Kier alpha value is -3.48. The summed E-state index contributed by atoms with van der Waals surface area (Å²) in [6, 6.07) is 8.39. The molecule has 0 bridgehead atoms. The van der Waals surface area contributed by atoms with E-state index in [1.54, 1.807) is 22.0 Å². The minimum Gasteiger partial charge on any atom is -0.345 e. The van der Waals surface area contributed by atoms with Crippen LogP contribution in [0.4, 0.5) is 10.1 Å². The van der Waals surface area contributed by atoms with E-state index in [0.717, 1.165) is 22.3 Å². The molecule has 0 radical (unpaired) electrons. The van der Waals surface area contributed by atoms with Crippen LogP contribution in [-0.2, 0) is 7.05 Å². The lowest BCUT2D eigenvalue weighted by atomic mass is 9.85. The molecule has 7 heteroatoms. The van der Waals surface area contributed by atoms with Crippen molar-refractivity contribution in [1.82, 2.24) is 19.7 Å². The van der Waals surface area contributed by atoms with Crippen molar-refractivity contribution in [1.29, 1.82) is 0 Å². The second kappa shape index (κ2) is 4.62. The largest absolute Gasteiger partial charge is 0.345 e. The van der Waals surface area contributed by atoms with Crippen LogP contribution in [0.5, 0.6) is 0 Å². The molecule has 6 rings (SSSR count). The van der Waals surface area contributed by atoms with Gasteiger partial charge in [0.25, 0.3) is 5.91 Å². The van der Waals surface area contributed by atoms with Crippen LogP contribution >= 0.6 is 0 Å². The highest BCUT2D eigenvalue weighted by molar-refractivity contribution is 6.16. The molecule has 0 aliphatic carbocycles. The molecule has 132 valence electrons. The summed E-state index contributed by atoms with van der Waals surface area (Å²) in [5.74, 6) is -0.476. The van der Waals surface area contributed by atoms with E-state index in [1.807, 2.05) is 32.2 Å². The topological polar surface area (TPSA) is 66.8 Å². The molecule has 0 fully saturated rings. The standard InChI is InChI=1S/C20H14FN5O/c1-9-14-18(24-25(9)2)20(27)26-13-7-6-12-17(23-8-22-12)16(13)15-10(19(14)26)4-3-5-11(15)21/h3-8,19H,1-2H3,(H,22,23).